The first-order valence-corrected chi connectivity index (χ1v) is 10.8. The van der Waals surface area contributed by atoms with Crippen LogP contribution >= 0.6 is 0 Å². The first kappa shape index (κ1) is 18.5. The summed E-state index contributed by atoms with van der Waals surface area (Å²) in [4.78, 5) is 0.0559. The molecule has 0 fully saturated rings. The van der Waals surface area contributed by atoms with Crippen molar-refractivity contribution in [3.63, 3.8) is 0 Å². The van der Waals surface area contributed by atoms with Crippen molar-refractivity contribution >= 4 is 20.0 Å². The van der Waals surface area contributed by atoms with Crippen LogP contribution in [0, 0.1) is 11.3 Å². The standard InChI is InChI=1S/C17H17N3O4S2/c1-19-25(21,22)16-7-6-13-8-9-20(12-15(13)10-16)26(23,24)17-5-3-2-4-14(17)11-18/h2-7,10,19H,8-9,12H2,1H3. The van der Waals surface area contributed by atoms with Crippen LogP contribution in [0.25, 0.3) is 0 Å². The minimum Gasteiger partial charge on any atom is -0.214 e. The van der Waals surface area contributed by atoms with Gasteiger partial charge in [-0.3, -0.25) is 0 Å². The number of nitriles is 1. The van der Waals surface area contributed by atoms with E-state index in [1.54, 1.807) is 18.2 Å². The highest BCUT2D eigenvalue weighted by Gasteiger charge is 2.30. The molecule has 2 aromatic carbocycles. The van der Waals surface area contributed by atoms with Gasteiger partial charge in [-0.2, -0.15) is 9.57 Å². The predicted molar refractivity (Wildman–Crippen MR) is 95.1 cm³/mol. The Morgan fingerprint density at radius 2 is 1.81 bits per heavy atom. The average molecular weight is 391 g/mol. The van der Waals surface area contributed by atoms with Crippen LogP contribution in [0.4, 0.5) is 0 Å². The number of benzene rings is 2. The fraction of sp³-hybridized carbons (Fsp3) is 0.235. The highest BCUT2D eigenvalue weighted by Crippen LogP contribution is 2.28. The number of hydrogen-bond acceptors (Lipinski definition) is 5. The largest absolute Gasteiger partial charge is 0.244 e. The Hall–Kier alpha value is -2.25. The lowest BCUT2D eigenvalue weighted by Gasteiger charge is -2.28. The molecule has 2 aromatic rings. The van der Waals surface area contributed by atoms with E-state index >= 15 is 0 Å². The Balaban J connectivity index is 2.00. The summed E-state index contributed by atoms with van der Waals surface area (Å²) in [6.45, 7) is 0.331. The van der Waals surface area contributed by atoms with Crippen molar-refractivity contribution in [1.82, 2.24) is 9.03 Å². The summed E-state index contributed by atoms with van der Waals surface area (Å²) in [5, 5.41) is 9.18. The van der Waals surface area contributed by atoms with Gasteiger partial charge in [0.1, 0.15) is 6.07 Å². The van der Waals surface area contributed by atoms with E-state index < -0.39 is 20.0 Å². The minimum absolute atomic E-state index is 0.0371. The number of fused-ring (bicyclic) bond motifs is 1. The summed E-state index contributed by atoms with van der Waals surface area (Å²) in [5.41, 5.74) is 1.65. The summed E-state index contributed by atoms with van der Waals surface area (Å²) in [6.07, 6.45) is 0.475. The van der Waals surface area contributed by atoms with Crippen molar-refractivity contribution < 1.29 is 16.8 Å². The monoisotopic (exact) mass is 391 g/mol. The van der Waals surface area contributed by atoms with E-state index in [1.807, 2.05) is 6.07 Å². The third-order valence-electron chi connectivity index (χ3n) is 4.36. The first-order valence-electron chi connectivity index (χ1n) is 7.84. The Labute approximate surface area is 153 Å². The zero-order valence-corrected chi connectivity index (χ0v) is 15.6. The van der Waals surface area contributed by atoms with Crippen LogP contribution in [0.1, 0.15) is 16.7 Å². The molecule has 0 unspecified atom stereocenters. The second-order valence-electron chi connectivity index (χ2n) is 5.83. The van der Waals surface area contributed by atoms with E-state index in [2.05, 4.69) is 4.72 Å². The molecule has 0 spiro atoms. The highest BCUT2D eigenvalue weighted by molar-refractivity contribution is 7.89. The highest BCUT2D eigenvalue weighted by atomic mass is 32.2. The maximum atomic E-state index is 13.0. The Kier molecular flexibility index (Phi) is 4.86. The molecule has 1 aliphatic rings. The molecule has 0 bridgehead atoms. The molecule has 0 aliphatic carbocycles. The van der Waals surface area contributed by atoms with Crippen LogP contribution in [-0.4, -0.2) is 34.7 Å². The van der Waals surface area contributed by atoms with E-state index in [0.29, 0.717) is 12.0 Å². The van der Waals surface area contributed by atoms with Gasteiger partial charge in [0.2, 0.25) is 20.0 Å². The molecule has 136 valence electrons. The fourth-order valence-electron chi connectivity index (χ4n) is 2.92. The zero-order valence-electron chi connectivity index (χ0n) is 14.0. The number of nitrogens with zero attached hydrogens (tertiary/aromatic N) is 2. The molecule has 1 aliphatic heterocycles. The maximum Gasteiger partial charge on any atom is 0.244 e. The fourth-order valence-corrected chi connectivity index (χ4v) is 5.26. The first-order chi connectivity index (χ1) is 12.3. The summed E-state index contributed by atoms with van der Waals surface area (Å²) in [6, 6.07) is 12.7. The Morgan fingerprint density at radius 3 is 2.50 bits per heavy atom. The van der Waals surface area contributed by atoms with Crippen molar-refractivity contribution in [2.45, 2.75) is 22.8 Å². The van der Waals surface area contributed by atoms with Gasteiger partial charge in [-0.15, -0.1) is 0 Å². The molecule has 0 amide bonds. The molecule has 0 saturated heterocycles. The average Bonchev–Trinajstić information content (AvgIpc) is 2.66. The quantitative estimate of drug-likeness (QED) is 0.843. The van der Waals surface area contributed by atoms with Gasteiger partial charge in [0.05, 0.1) is 15.4 Å². The molecule has 26 heavy (non-hydrogen) atoms. The molecular formula is C17H17N3O4S2. The Bertz CT molecular complexity index is 1100. The smallest absolute Gasteiger partial charge is 0.214 e. The van der Waals surface area contributed by atoms with Crippen LogP contribution in [0.2, 0.25) is 0 Å². The summed E-state index contributed by atoms with van der Waals surface area (Å²) in [7, 11) is -6.14. The lowest BCUT2D eigenvalue weighted by Crippen LogP contribution is -2.36. The molecule has 9 heteroatoms. The second kappa shape index (κ2) is 6.81. The molecule has 1 heterocycles. The number of sulfonamides is 2. The van der Waals surface area contributed by atoms with E-state index in [4.69, 9.17) is 0 Å². The van der Waals surface area contributed by atoms with Crippen LogP contribution in [0.15, 0.2) is 52.3 Å². The van der Waals surface area contributed by atoms with Crippen molar-refractivity contribution in [2.24, 2.45) is 0 Å². The second-order valence-corrected chi connectivity index (χ2v) is 9.63. The molecule has 7 nitrogen and oxygen atoms in total. The molecule has 3 rings (SSSR count). The van der Waals surface area contributed by atoms with Crippen LogP contribution in [-0.2, 0) is 33.0 Å². The SMILES string of the molecule is CNS(=O)(=O)c1ccc2c(c1)CN(S(=O)(=O)c1ccccc1C#N)CC2. The van der Waals surface area contributed by atoms with Crippen molar-refractivity contribution in [3.05, 3.63) is 59.2 Å². The normalized spacial score (nSPS) is 15.2. The number of nitrogens with one attached hydrogen (secondary N) is 1. The van der Waals surface area contributed by atoms with Gasteiger partial charge in [0.15, 0.2) is 0 Å². The van der Waals surface area contributed by atoms with Crippen LogP contribution < -0.4 is 4.72 Å². The van der Waals surface area contributed by atoms with E-state index in [1.165, 1.54) is 35.6 Å². The van der Waals surface area contributed by atoms with Gasteiger partial charge >= 0.3 is 0 Å². The molecule has 0 atom stereocenters. The predicted octanol–water partition coefficient (Wildman–Crippen LogP) is 1.21. The van der Waals surface area contributed by atoms with Gasteiger partial charge in [-0.05, 0) is 48.9 Å². The summed E-state index contributed by atoms with van der Waals surface area (Å²) in [5.74, 6) is 0. The molecular weight excluding hydrogens is 374 g/mol. The van der Waals surface area contributed by atoms with Crippen molar-refractivity contribution in [1.29, 1.82) is 5.26 Å². The van der Waals surface area contributed by atoms with Gasteiger partial charge in [0.25, 0.3) is 0 Å². The van der Waals surface area contributed by atoms with Gasteiger partial charge < -0.3 is 0 Å². The summed E-state index contributed by atoms with van der Waals surface area (Å²) >= 11 is 0. The number of rotatable bonds is 4. The van der Waals surface area contributed by atoms with E-state index in [0.717, 1.165) is 5.56 Å². The van der Waals surface area contributed by atoms with Crippen molar-refractivity contribution in [2.75, 3.05) is 13.6 Å². The molecule has 0 radical (unpaired) electrons. The summed E-state index contributed by atoms with van der Waals surface area (Å²) < 4.78 is 53.4. The maximum absolute atomic E-state index is 13.0. The van der Waals surface area contributed by atoms with E-state index in [9.17, 15) is 22.1 Å². The molecule has 0 saturated carbocycles. The third kappa shape index (κ3) is 3.24. The minimum atomic E-state index is -3.86. The molecule has 0 aromatic heterocycles. The lowest BCUT2D eigenvalue weighted by atomic mass is 10.0. The van der Waals surface area contributed by atoms with Gasteiger partial charge in [-0.25, -0.2) is 21.6 Å². The van der Waals surface area contributed by atoms with Gasteiger partial charge in [0, 0.05) is 13.1 Å². The van der Waals surface area contributed by atoms with Crippen LogP contribution in [0.3, 0.4) is 0 Å². The van der Waals surface area contributed by atoms with Crippen molar-refractivity contribution in [3.8, 4) is 6.07 Å². The third-order valence-corrected chi connectivity index (χ3v) is 7.67. The number of hydrogen-bond donors (Lipinski definition) is 1. The Morgan fingerprint density at radius 1 is 1.08 bits per heavy atom. The van der Waals surface area contributed by atoms with Gasteiger partial charge in [-0.1, -0.05) is 18.2 Å². The van der Waals surface area contributed by atoms with Crippen LogP contribution in [0.5, 0.6) is 0 Å². The zero-order chi connectivity index (χ0) is 18.9. The topological polar surface area (TPSA) is 107 Å². The molecule has 1 N–H and O–H groups in total. The lowest BCUT2D eigenvalue weighted by molar-refractivity contribution is 0.390. The van der Waals surface area contributed by atoms with E-state index in [-0.39, 0.29) is 28.4 Å².